The smallest absolute Gasteiger partial charge is 0.382 e. The third-order valence-corrected chi connectivity index (χ3v) is 3.16. The topological polar surface area (TPSA) is 46.3 Å². The van der Waals surface area contributed by atoms with E-state index in [0.29, 0.717) is 16.5 Å². The van der Waals surface area contributed by atoms with Crippen LogP contribution < -0.4 is 5.84 Å². The zero-order valence-electron chi connectivity index (χ0n) is 9.13. The van der Waals surface area contributed by atoms with Crippen LogP contribution in [0.5, 0.6) is 0 Å². The summed E-state index contributed by atoms with van der Waals surface area (Å²) in [6.07, 6.45) is 7.55. The molecule has 0 unspecified atom stereocenters. The van der Waals surface area contributed by atoms with Gasteiger partial charge in [-0.1, -0.05) is 54.6 Å². The maximum atomic E-state index is 12.2. The number of amides is 1. The highest BCUT2D eigenvalue weighted by Crippen LogP contribution is 2.32. The van der Waals surface area contributed by atoms with E-state index in [4.69, 9.17) is 5.84 Å². The Hall–Kier alpha value is -1.34. The molecule has 0 atom stereocenters. The van der Waals surface area contributed by atoms with Crippen molar-refractivity contribution in [1.82, 2.24) is 3.99 Å². The molecule has 0 bridgehead atoms. The van der Waals surface area contributed by atoms with Gasteiger partial charge in [0.15, 0.2) is 0 Å². The molecule has 1 aliphatic carbocycles. The second-order valence-electron chi connectivity index (χ2n) is 3.87. The number of nitrogens with two attached hydrogens (primary N) is 1. The van der Waals surface area contributed by atoms with E-state index in [1.165, 1.54) is 3.99 Å². The minimum atomic E-state index is -0.697. The fourth-order valence-corrected chi connectivity index (χ4v) is 2.30. The molecule has 2 N–H and O–H groups in total. The summed E-state index contributed by atoms with van der Waals surface area (Å²) in [7, 11) is 0. The Balaban J connectivity index is 2.50. The van der Waals surface area contributed by atoms with E-state index < -0.39 is 5.41 Å². The maximum absolute atomic E-state index is 12.2. The molecule has 4 heteroatoms. The van der Waals surface area contributed by atoms with Crippen molar-refractivity contribution in [2.24, 2.45) is 5.84 Å². The first kappa shape index (κ1) is 11.2. The molecule has 2 rings (SSSR count). The van der Waals surface area contributed by atoms with Gasteiger partial charge in [0.1, 0.15) is 5.41 Å². The molecule has 0 aliphatic heterocycles. The van der Waals surface area contributed by atoms with E-state index in [2.05, 4.69) is 0 Å². The van der Waals surface area contributed by atoms with Crippen LogP contribution in [0.3, 0.4) is 0 Å². The van der Waals surface area contributed by atoms with Gasteiger partial charge in [-0.3, -0.25) is 10.6 Å². The van der Waals surface area contributed by atoms with Crippen molar-refractivity contribution >= 4 is 22.4 Å². The van der Waals surface area contributed by atoms with Crippen molar-refractivity contribution in [3.8, 4) is 0 Å². The average molecular weight is 228 g/mol. The second kappa shape index (κ2) is 4.27. The molecule has 0 saturated heterocycles. The van der Waals surface area contributed by atoms with Gasteiger partial charge in [-0.15, -0.1) is 0 Å². The number of carbonyl (C=O) groups is 1. The molecule has 1 aromatic carbocycles. The van der Waals surface area contributed by atoms with Crippen LogP contribution in [0, 0.1) is 0 Å². The summed E-state index contributed by atoms with van der Waals surface area (Å²) in [6.45, 7) is 0. The van der Waals surface area contributed by atoms with Crippen LogP contribution in [0.15, 0.2) is 54.6 Å². The van der Waals surface area contributed by atoms with Gasteiger partial charge >= 0.3 is 16.5 Å². The minimum Gasteiger partial charge on any atom is -0.382 e. The number of hydrogen-bond acceptors (Lipinski definition) is 2. The van der Waals surface area contributed by atoms with Crippen LogP contribution in [0.2, 0.25) is 0 Å². The molecule has 1 amide bonds. The first-order valence-electron chi connectivity index (χ1n) is 5.12. The van der Waals surface area contributed by atoms with E-state index in [-0.39, 0.29) is 5.91 Å². The first-order valence-corrected chi connectivity index (χ1v) is 6.02. The van der Waals surface area contributed by atoms with Gasteiger partial charge in [-0.25, -0.2) is 0 Å². The normalized spacial score (nSPS) is 16.3. The van der Waals surface area contributed by atoms with Gasteiger partial charge in [-0.2, -0.15) is 0 Å². The van der Waals surface area contributed by atoms with E-state index in [9.17, 15) is 4.79 Å². The highest BCUT2D eigenvalue weighted by Gasteiger charge is 2.37. The number of hydrazine groups is 1. The van der Waals surface area contributed by atoms with Crippen LogP contribution >= 0.6 is 0 Å². The Bertz CT molecular complexity index is 439. The average Bonchev–Trinajstić information content (AvgIpc) is 2.79. The van der Waals surface area contributed by atoms with Gasteiger partial charge in [0.05, 0.1) is 0 Å². The predicted molar refractivity (Wildman–Crippen MR) is 66.0 cm³/mol. The van der Waals surface area contributed by atoms with Crippen LogP contribution in [-0.2, 0) is 10.2 Å². The molecule has 3 nitrogen and oxygen atoms in total. The van der Waals surface area contributed by atoms with Gasteiger partial charge in [0, 0.05) is 0 Å². The van der Waals surface area contributed by atoms with Crippen molar-refractivity contribution in [3.05, 3.63) is 60.2 Å². The highest BCUT2D eigenvalue weighted by atomic mass is 27.1. The van der Waals surface area contributed by atoms with Gasteiger partial charge in [-0.05, 0) is 5.56 Å². The number of hydrogen-bond donors (Lipinski definition) is 1. The lowest BCUT2D eigenvalue weighted by Gasteiger charge is -2.28. The Kier molecular flexibility index (Phi) is 2.97. The number of allylic oxidation sites excluding steroid dienone is 2. The minimum absolute atomic E-state index is 0.0737. The van der Waals surface area contributed by atoms with Crippen molar-refractivity contribution in [2.75, 3.05) is 0 Å². The van der Waals surface area contributed by atoms with E-state index in [1.54, 1.807) is 0 Å². The lowest BCUT2D eigenvalue weighted by atomic mass is 9.81. The number of nitrogens with zero attached hydrogens (tertiary/aromatic N) is 1. The van der Waals surface area contributed by atoms with E-state index >= 15 is 0 Å². The Morgan fingerprint density at radius 1 is 1.19 bits per heavy atom. The van der Waals surface area contributed by atoms with Gasteiger partial charge in [0.25, 0.3) is 0 Å². The SMILES string of the molecule is N[N]([AlH2])C(=O)C1(c2ccccc2)C=CC=C1. The third-order valence-electron chi connectivity index (χ3n) is 2.76. The molecule has 1 aliphatic rings. The van der Waals surface area contributed by atoms with Crippen molar-refractivity contribution in [1.29, 1.82) is 0 Å². The summed E-state index contributed by atoms with van der Waals surface area (Å²) in [5.41, 5.74) is 0.258. The molecule has 0 fully saturated rings. The first-order chi connectivity index (χ1) is 7.67. The lowest BCUT2D eigenvalue weighted by molar-refractivity contribution is -0.129. The molecule has 0 saturated carbocycles. The number of benzene rings is 1. The van der Waals surface area contributed by atoms with Gasteiger partial charge in [0.2, 0.25) is 5.91 Å². The van der Waals surface area contributed by atoms with Crippen LogP contribution in [0.25, 0.3) is 0 Å². The van der Waals surface area contributed by atoms with E-state index in [0.717, 1.165) is 5.56 Å². The quantitative estimate of drug-likeness (QED) is 0.342. The predicted octanol–water partition coefficient (Wildman–Crippen LogP) is 0.301. The summed E-state index contributed by atoms with van der Waals surface area (Å²) in [6, 6.07) is 9.69. The summed E-state index contributed by atoms with van der Waals surface area (Å²) in [5, 5.41) is 0. The molecule has 16 heavy (non-hydrogen) atoms. The summed E-state index contributed by atoms with van der Waals surface area (Å²) in [4.78, 5) is 12.2. The van der Waals surface area contributed by atoms with Crippen molar-refractivity contribution in [2.45, 2.75) is 5.41 Å². The number of carbonyl (C=O) groups excluding carboxylic acids is 1. The van der Waals surface area contributed by atoms with Crippen LogP contribution in [0.1, 0.15) is 5.56 Å². The fraction of sp³-hybridized carbons (Fsp3) is 0.0833. The molecule has 0 radical (unpaired) electrons. The van der Waals surface area contributed by atoms with Crippen LogP contribution in [-0.4, -0.2) is 26.4 Å². The van der Waals surface area contributed by atoms with Crippen molar-refractivity contribution < 1.29 is 4.79 Å². The lowest BCUT2D eigenvalue weighted by Crippen LogP contribution is -2.46. The number of rotatable bonds is 2. The zero-order chi connectivity index (χ0) is 11.6. The Morgan fingerprint density at radius 2 is 1.75 bits per heavy atom. The molecule has 80 valence electrons. The summed E-state index contributed by atoms with van der Waals surface area (Å²) in [5.74, 6) is 5.54. The highest BCUT2D eigenvalue weighted by molar-refractivity contribution is 6.16. The van der Waals surface area contributed by atoms with Crippen molar-refractivity contribution in [3.63, 3.8) is 0 Å². The van der Waals surface area contributed by atoms with E-state index in [1.807, 2.05) is 54.6 Å². The molecular formula is C12H13AlN2O. The third kappa shape index (κ3) is 1.72. The summed E-state index contributed by atoms with van der Waals surface area (Å²) < 4.78 is 1.27. The second-order valence-corrected chi connectivity index (χ2v) is 4.83. The molecule has 0 spiro atoms. The maximum Gasteiger partial charge on any atom is 0.390 e. The Morgan fingerprint density at radius 3 is 2.25 bits per heavy atom. The fourth-order valence-electron chi connectivity index (χ4n) is 1.93. The molecule has 0 heterocycles. The molecular weight excluding hydrogens is 215 g/mol. The Labute approximate surface area is 103 Å². The monoisotopic (exact) mass is 228 g/mol. The summed E-state index contributed by atoms with van der Waals surface area (Å²) >= 11 is 0.515. The standard InChI is InChI=1S/C12H12N2O.Al.2H/c13-14-11(15)12(8-4-5-9-12)10-6-2-1-3-7-10;;;/h1-9H,13H2,(H,14,15);;;/q;+1;;/p-1. The van der Waals surface area contributed by atoms with Gasteiger partial charge < -0.3 is 3.99 Å². The van der Waals surface area contributed by atoms with Crippen LogP contribution in [0.4, 0.5) is 0 Å². The largest absolute Gasteiger partial charge is 0.390 e. The zero-order valence-corrected chi connectivity index (χ0v) is 11.1. The molecule has 0 aromatic heterocycles. The molecule has 1 aromatic rings.